The molecule has 1 aliphatic rings. The van der Waals surface area contributed by atoms with Gasteiger partial charge in [0.1, 0.15) is 0 Å². The van der Waals surface area contributed by atoms with E-state index < -0.39 is 25.9 Å². The standard InChI is InChI=1S/C13H19NO5S2/c1-10-7-8-14(13(10)9-15)21(18,19)12-5-3-11(4-6-12)20(2,16)17/h3-6,10,13,15H,7-9H2,1-2H3. The molecule has 21 heavy (non-hydrogen) atoms. The van der Waals surface area contributed by atoms with E-state index in [4.69, 9.17) is 0 Å². The van der Waals surface area contributed by atoms with E-state index in [2.05, 4.69) is 0 Å². The summed E-state index contributed by atoms with van der Waals surface area (Å²) in [6.45, 7) is 2.05. The number of aliphatic hydroxyl groups excluding tert-OH is 1. The average molecular weight is 333 g/mol. The Balaban J connectivity index is 2.36. The lowest BCUT2D eigenvalue weighted by atomic mass is 10.0. The quantitative estimate of drug-likeness (QED) is 0.865. The number of hydrogen-bond donors (Lipinski definition) is 1. The van der Waals surface area contributed by atoms with Crippen molar-refractivity contribution < 1.29 is 21.9 Å². The lowest BCUT2D eigenvalue weighted by molar-refractivity contribution is 0.191. The van der Waals surface area contributed by atoms with Gasteiger partial charge in [-0.15, -0.1) is 0 Å². The molecule has 0 bridgehead atoms. The van der Waals surface area contributed by atoms with Crippen molar-refractivity contribution in [1.29, 1.82) is 0 Å². The number of rotatable bonds is 4. The van der Waals surface area contributed by atoms with Crippen LogP contribution in [0, 0.1) is 5.92 Å². The van der Waals surface area contributed by atoms with Gasteiger partial charge in [0.15, 0.2) is 9.84 Å². The summed E-state index contributed by atoms with van der Waals surface area (Å²) >= 11 is 0. The second-order valence-corrected chi connectivity index (χ2v) is 9.28. The Hall–Kier alpha value is -0.960. The van der Waals surface area contributed by atoms with Gasteiger partial charge in [-0.2, -0.15) is 4.31 Å². The summed E-state index contributed by atoms with van der Waals surface area (Å²) in [5.41, 5.74) is 0. The van der Waals surface area contributed by atoms with Gasteiger partial charge in [0.25, 0.3) is 0 Å². The van der Waals surface area contributed by atoms with Crippen molar-refractivity contribution in [3.8, 4) is 0 Å². The van der Waals surface area contributed by atoms with Crippen molar-refractivity contribution in [2.75, 3.05) is 19.4 Å². The maximum absolute atomic E-state index is 12.6. The van der Waals surface area contributed by atoms with Crippen LogP contribution in [0.5, 0.6) is 0 Å². The summed E-state index contributed by atoms with van der Waals surface area (Å²) in [7, 11) is -7.07. The second-order valence-electron chi connectivity index (χ2n) is 5.38. The smallest absolute Gasteiger partial charge is 0.243 e. The van der Waals surface area contributed by atoms with E-state index in [1.54, 1.807) is 0 Å². The van der Waals surface area contributed by atoms with E-state index >= 15 is 0 Å². The lowest BCUT2D eigenvalue weighted by Gasteiger charge is -2.24. The normalized spacial score (nSPS) is 24.3. The molecule has 0 spiro atoms. The molecule has 1 saturated heterocycles. The van der Waals surface area contributed by atoms with Gasteiger partial charge in [0.05, 0.1) is 22.4 Å². The Kier molecular flexibility index (Phi) is 4.44. The van der Waals surface area contributed by atoms with Crippen LogP contribution in [0.3, 0.4) is 0 Å². The summed E-state index contributed by atoms with van der Waals surface area (Å²) in [5, 5.41) is 9.38. The third kappa shape index (κ3) is 3.13. The van der Waals surface area contributed by atoms with Crippen LogP contribution in [-0.4, -0.2) is 51.7 Å². The van der Waals surface area contributed by atoms with Gasteiger partial charge in [0.2, 0.25) is 10.0 Å². The van der Waals surface area contributed by atoms with Crippen molar-refractivity contribution >= 4 is 19.9 Å². The molecule has 2 unspecified atom stereocenters. The molecule has 0 saturated carbocycles. The monoisotopic (exact) mass is 333 g/mol. The predicted molar refractivity (Wildman–Crippen MR) is 78.1 cm³/mol. The van der Waals surface area contributed by atoms with Crippen molar-refractivity contribution in [2.24, 2.45) is 5.92 Å². The van der Waals surface area contributed by atoms with E-state index in [0.717, 1.165) is 6.26 Å². The van der Waals surface area contributed by atoms with Crippen molar-refractivity contribution in [3.63, 3.8) is 0 Å². The molecule has 0 amide bonds. The number of hydrogen-bond acceptors (Lipinski definition) is 5. The number of aliphatic hydroxyl groups is 1. The molecule has 1 aromatic rings. The third-order valence-corrected chi connectivity index (χ3v) is 6.94. The minimum absolute atomic E-state index is 0.0439. The summed E-state index contributed by atoms with van der Waals surface area (Å²) in [5.74, 6) is 0.0973. The molecule has 8 heteroatoms. The summed E-state index contributed by atoms with van der Waals surface area (Å²) in [6.07, 6.45) is 1.77. The van der Waals surface area contributed by atoms with Crippen LogP contribution in [0.2, 0.25) is 0 Å². The SMILES string of the molecule is CC1CCN(S(=O)(=O)c2ccc(S(C)(=O)=O)cc2)C1CO. The van der Waals surface area contributed by atoms with Crippen LogP contribution in [0.1, 0.15) is 13.3 Å². The number of benzene rings is 1. The maximum Gasteiger partial charge on any atom is 0.243 e. The first-order valence-electron chi connectivity index (χ1n) is 6.60. The van der Waals surface area contributed by atoms with E-state index in [0.29, 0.717) is 13.0 Å². The zero-order valence-electron chi connectivity index (χ0n) is 11.9. The Bertz CT molecular complexity index is 709. The maximum atomic E-state index is 12.6. The number of sulfonamides is 1. The highest BCUT2D eigenvalue weighted by atomic mass is 32.2. The van der Waals surface area contributed by atoms with E-state index in [9.17, 15) is 21.9 Å². The second kappa shape index (κ2) is 5.68. The third-order valence-electron chi connectivity index (χ3n) is 3.88. The van der Waals surface area contributed by atoms with E-state index in [1.165, 1.54) is 28.6 Å². The molecule has 1 aliphatic heterocycles. The van der Waals surface area contributed by atoms with Crippen LogP contribution in [0.25, 0.3) is 0 Å². The van der Waals surface area contributed by atoms with Crippen LogP contribution in [-0.2, 0) is 19.9 Å². The highest BCUT2D eigenvalue weighted by Gasteiger charge is 2.39. The molecule has 2 atom stereocenters. The molecule has 1 fully saturated rings. The molecular weight excluding hydrogens is 314 g/mol. The molecule has 1 heterocycles. The molecule has 1 aromatic carbocycles. The summed E-state index contributed by atoms with van der Waals surface area (Å²) in [6, 6.07) is 4.74. The van der Waals surface area contributed by atoms with Crippen LogP contribution in [0.4, 0.5) is 0 Å². The van der Waals surface area contributed by atoms with Gasteiger partial charge in [-0.25, -0.2) is 16.8 Å². The minimum atomic E-state index is -3.72. The van der Waals surface area contributed by atoms with Gasteiger partial charge in [-0.3, -0.25) is 0 Å². The zero-order chi connectivity index (χ0) is 15.8. The molecular formula is C13H19NO5S2. The van der Waals surface area contributed by atoms with Crippen molar-refractivity contribution in [1.82, 2.24) is 4.31 Å². The molecule has 1 N–H and O–H groups in total. The first-order valence-corrected chi connectivity index (χ1v) is 9.94. The number of nitrogens with zero attached hydrogens (tertiary/aromatic N) is 1. The fourth-order valence-corrected chi connectivity index (χ4v) is 4.89. The molecule has 6 nitrogen and oxygen atoms in total. The summed E-state index contributed by atoms with van der Waals surface area (Å²) < 4.78 is 49.2. The molecule has 0 aliphatic carbocycles. The highest BCUT2D eigenvalue weighted by Crippen LogP contribution is 2.30. The average Bonchev–Trinajstić information content (AvgIpc) is 2.79. The van der Waals surface area contributed by atoms with Crippen molar-refractivity contribution in [2.45, 2.75) is 29.2 Å². The molecule has 2 rings (SSSR count). The fourth-order valence-electron chi connectivity index (χ4n) is 2.54. The van der Waals surface area contributed by atoms with Gasteiger partial charge < -0.3 is 5.11 Å². The molecule has 118 valence electrons. The Morgan fingerprint density at radius 3 is 2.14 bits per heavy atom. The van der Waals surface area contributed by atoms with Crippen LogP contribution < -0.4 is 0 Å². The number of sulfone groups is 1. The largest absolute Gasteiger partial charge is 0.395 e. The first kappa shape index (κ1) is 16.4. The predicted octanol–water partition coefficient (Wildman–Crippen LogP) is 0.482. The first-order chi connectivity index (χ1) is 9.67. The zero-order valence-corrected chi connectivity index (χ0v) is 13.6. The van der Waals surface area contributed by atoms with E-state index in [1.807, 2.05) is 6.92 Å². The Morgan fingerprint density at radius 2 is 1.67 bits per heavy atom. The highest BCUT2D eigenvalue weighted by molar-refractivity contribution is 7.90. The minimum Gasteiger partial charge on any atom is -0.395 e. The van der Waals surface area contributed by atoms with Crippen LogP contribution >= 0.6 is 0 Å². The van der Waals surface area contributed by atoms with Gasteiger partial charge >= 0.3 is 0 Å². The van der Waals surface area contributed by atoms with Crippen LogP contribution in [0.15, 0.2) is 34.1 Å². The van der Waals surface area contributed by atoms with Crippen molar-refractivity contribution in [3.05, 3.63) is 24.3 Å². The van der Waals surface area contributed by atoms with Gasteiger partial charge in [-0.05, 0) is 36.6 Å². The molecule has 0 aromatic heterocycles. The fraction of sp³-hybridized carbons (Fsp3) is 0.538. The van der Waals surface area contributed by atoms with E-state index in [-0.39, 0.29) is 22.3 Å². The molecule has 0 radical (unpaired) electrons. The Morgan fingerprint density at radius 1 is 1.14 bits per heavy atom. The topological polar surface area (TPSA) is 91.8 Å². The Labute approximate surface area is 125 Å². The lowest BCUT2D eigenvalue weighted by Crippen LogP contribution is -2.39. The van der Waals surface area contributed by atoms with Gasteiger partial charge in [-0.1, -0.05) is 6.92 Å². The van der Waals surface area contributed by atoms with Gasteiger partial charge in [0, 0.05) is 12.8 Å². The summed E-state index contributed by atoms with van der Waals surface area (Å²) in [4.78, 5) is 0.123.